The van der Waals surface area contributed by atoms with Crippen LogP contribution in [-0.4, -0.2) is 38.6 Å². The summed E-state index contributed by atoms with van der Waals surface area (Å²) >= 11 is 0. The number of hydrogen-bond donors (Lipinski definition) is 2. The average Bonchev–Trinajstić information content (AvgIpc) is 3.03. The van der Waals surface area contributed by atoms with E-state index in [1.807, 2.05) is 49.4 Å². The first kappa shape index (κ1) is 16.9. The van der Waals surface area contributed by atoms with E-state index in [1.54, 1.807) is 6.20 Å². The van der Waals surface area contributed by atoms with Gasteiger partial charge in [0.05, 0.1) is 18.4 Å². The summed E-state index contributed by atoms with van der Waals surface area (Å²) in [6, 6.07) is 13.9. The number of aryl methyl sites for hydroxylation is 1. The number of benzene rings is 2. The third-order valence-corrected chi connectivity index (χ3v) is 4.87. The lowest BCUT2D eigenvalue weighted by Crippen LogP contribution is -2.28. The Labute approximate surface area is 150 Å². The van der Waals surface area contributed by atoms with Gasteiger partial charge < -0.3 is 14.9 Å². The first-order valence-corrected chi connectivity index (χ1v) is 8.61. The number of ether oxygens (including phenoxy) is 1. The fraction of sp³-hybridized carbons (Fsp3) is 0.300. The molecule has 0 radical (unpaired) electrons. The first-order valence-electron chi connectivity index (χ1n) is 8.61. The van der Waals surface area contributed by atoms with Crippen molar-refractivity contribution in [3.63, 3.8) is 0 Å². The number of hydrogen-bond acceptors (Lipinski definition) is 5. The highest BCUT2D eigenvalue weighted by atomic mass is 16.5. The summed E-state index contributed by atoms with van der Waals surface area (Å²) < 4.78 is 6.98. The second-order valence-corrected chi connectivity index (χ2v) is 6.60. The highest BCUT2D eigenvalue weighted by Crippen LogP contribution is 2.31. The fourth-order valence-corrected chi connectivity index (χ4v) is 3.53. The summed E-state index contributed by atoms with van der Waals surface area (Å²) in [6.07, 6.45) is -0.133. The highest BCUT2D eigenvalue weighted by molar-refractivity contribution is 5.96. The molecule has 26 heavy (non-hydrogen) atoms. The van der Waals surface area contributed by atoms with Crippen LogP contribution >= 0.6 is 0 Å². The van der Waals surface area contributed by atoms with E-state index in [4.69, 9.17) is 4.74 Å². The zero-order chi connectivity index (χ0) is 18.3. The second kappa shape index (κ2) is 6.64. The van der Waals surface area contributed by atoms with Gasteiger partial charge in [-0.25, -0.2) is 4.79 Å². The molecule has 2 N–H and O–H groups in total. The van der Waals surface area contributed by atoms with E-state index in [0.29, 0.717) is 5.69 Å². The van der Waals surface area contributed by atoms with Crippen LogP contribution in [0.2, 0.25) is 0 Å². The topological polar surface area (TPSA) is 84.6 Å². The van der Waals surface area contributed by atoms with E-state index in [2.05, 4.69) is 4.98 Å². The summed E-state index contributed by atoms with van der Waals surface area (Å²) in [4.78, 5) is 16.9. The Morgan fingerprint density at radius 1 is 1.23 bits per heavy atom. The molecular formula is C20H20N2O4. The molecule has 3 atom stereocenters. The van der Waals surface area contributed by atoms with Crippen LogP contribution < -0.4 is 5.69 Å². The van der Waals surface area contributed by atoms with Gasteiger partial charge in [0, 0.05) is 18.2 Å². The van der Waals surface area contributed by atoms with Crippen LogP contribution in [-0.2, 0) is 4.74 Å². The van der Waals surface area contributed by atoms with Crippen LogP contribution in [0, 0.1) is 6.92 Å². The summed E-state index contributed by atoms with van der Waals surface area (Å²) in [5.74, 6) is 0. The Bertz CT molecular complexity index is 1010. The fourth-order valence-electron chi connectivity index (χ4n) is 3.53. The van der Waals surface area contributed by atoms with Crippen LogP contribution in [0.25, 0.3) is 22.0 Å². The summed E-state index contributed by atoms with van der Waals surface area (Å²) in [6.45, 7) is 1.61. The molecule has 4 rings (SSSR count). The molecule has 6 nitrogen and oxygen atoms in total. The van der Waals surface area contributed by atoms with Gasteiger partial charge in [-0.05, 0) is 23.3 Å². The van der Waals surface area contributed by atoms with Crippen molar-refractivity contribution >= 4 is 10.8 Å². The standard InChI is InChI=1S/C20H20N2O4/c1-12-10-22(18-9-16(24)17(11-23)26-18)20(25)21-19(12)15-8-4-6-13-5-2-3-7-14(13)15/h2-8,10,16-18,23-24H,9,11H2,1H3/t16-,17+,18+/m0/s1. The van der Waals surface area contributed by atoms with Crippen molar-refractivity contribution in [1.82, 2.24) is 9.55 Å². The van der Waals surface area contributed by atoms with E-state index in [0.717, 1.165) is 21.9 Å². The van der Waals surface area contributed by atoms with Gasteiger partial charge in [-0.2, -0.15) is 4.98 Å². The maximum absolute atomic E-state index is 12.6. The number of aliphatic hydroxyl groups excluding tert-OH is 2. The predicted octanol–water partition coefficient (Wildman–Crippen LogP) is 2.01. The van der Waals surface area contributed by atoms with Crippen molar-refractivity contribution in [3.8, 4) is 11.3 Å². The zero-order valence-electron chi connectivity index (χ0n) is 14.4. The SMILES string of the molecule is Cc1cn([C@H]2C[C@H](O)[C@@H](CO)O2)c(=O)nc1-c1cccc2ccccc12. The minimum atomic E-state index is -0.796. The van der Waals surface area contributed by atoms with Gasteiger partial charge in [-0.3, -0.25) is 4.57 Å². The molecule has 0 saturated carbocycles. The molecule has 2 aromatic carbocycles. The first-order chi connectivity index (χ1) is 12.6. The average molecular weight is 352 g/mol. The molecule has 0 bridgehead atoms. The van der Waals surface area contributed by atoms with Gasteiger partial charge >= 0.3 is 5.69 Å². The van der Waals surface area contributed by atoms with Crippen molar-refractivity contribution in [2.75, 3.05) is 6.61 Å². The second-order valence-electron chi connectivity index (χ2n) is 6.60. The Balaban J connectivity index is 1.78. The predicted molar refractivity (Wildman–Crippen MR) is 97.8 cm³/mol. The molecule has 1 aliphatic rings. The summed E-state index contributed by atoms with van der Waals surface area (Å²) in [5, 5.41) is 21.3. The maximum Gasteiger partial charge on any atom is 0.350 e. The molecule has 0 unspecified atom stereocenters. The molecule has 3 aromatic rings. The Morgan fingerprint density at radius 3 is 2.77 bits per heavy atom. The van der Waals surface area contributed by atoms with E-state index >= 15 is 0 Å². The van der Waals surface area contributed by atoms with Crippen molar-refractivity contribution < 1.29 is 14.9 Å². The molecule has 1 saturated heterocycles. The lowest BCUT2D eigenvalue weighted by molar-refractivity contribution is -0.0459. The third-order valence-electron chi connectivity index (χ3n) is 4.87. The molecule has 1 aliphatic heterocycles. The lowest BCUT2D eigenvalue weighted by Gasteiger charge is -2.16. The Kier molecular flexibility index (Phi) is 4.32. The lowest BCUT2D eigenvalue weighted by atomic mass is 10.00. The Morgan fingerprint density at radius 2 is 2.00 bits per heavy atom. The molecule has 0 amide bonds. The monoisotopic (exact) mass is 352 g/mol. The Hall–Kier alpha value is -2.54. The van der Waals surface area contributed by atoms with Gasteiger partial charge in [0.15, 0.2) is 0 Å². The highest BCUT2D eigenvalue weighted by Gasteiger charge is 2.35. The molecule has 1 aromatic heterocycles. The van der Waals surface area contributed by atoms with Gasteiger partial charge in [0.2, 0.25) is 0 Å². The molecular weight excluding hydrogens is 332 g/mol. The van der Waals surface area contributed by atoms with E-state index in [9.17, 15) is 15.0 Å². The molecule has 1 fully saturated rings. The van der Waals surface area contributed by atoms with Crippen LogP contribution in [0.3, 0.4) is 0 Å². The van der Waals surface area contributed by atoms with Gasteiger partial charge in [0.25, 0.3) is 0 Å². The van der Waals surface area contributed by atoms with E-state index in [1.165, 1.54) is 4.57 Å². The van der Waals surface area contributed by atoms with Crippen LogP contribution in [0.4, 0.5) is 0 Å². The zero-order valence-corrected chi connectivity index (χ0v) is 14.4. The summed E-state index contributed by atoms with van der Waals surface area (Å²) in [7, 11) is 0. The van der Waals surface area contributed by atoms with Crippen molar-refractivity contribution in [3.05, 3.63) is 64.7 Å². The minimum Gasteiger partial charge on any atom is -0.394 e. The molecule has 6 heteroatoms. The van der Waals surface area contributed by atoms with Gasteiger partial charge in [0.1, 0.15) is 12.3 Å². The van der Waals surface area contributed by atoms with E-state index in [-0.39, 0.29) is 13.0 Å². The third kappa shape index (κ3) is 2.82. The summed E-state index contributed by atoms with van der Waals surface area (Å²) in [5.41, 5.74) is 1.95. The van der Waals surface area contributed by atoms with Gasteiger partial charge in [-0.1, -0.05) is 42.5 Å². The molecule has 134 valence electrons. The smallest absolute Gasteiger partial charge is 0.350 e. The van der Waals surface area contributed by atoms with Crippen molar-refractivity contribution in [2.24, 2.45) is 0 Å². The maximum atomic E-state index is 12.6. The number of rotatable bonds is 3. The number of fused-ring (bicyclic) bond motifs is 1. The largest absolute Gasteiger partial charge is 0.394 e. The minimum absolute atomic E-state index is 0.250. The van der Waals surface area contributed by atoms with Crippen LogP contribution in [0.1, 0.15) is 18.2 Å². The van der Waals surface area contributed by atoms with Crippen LogP contribution in [0.5, 0.6) is 0 Å². The number of aromatic nitrogens is 2. The quantitative estimate of drug-likeness (QED) is 0.753. The molecule has 2 heterocycles. The molecule has 0 aliphatic carbocycles. The van der Waals surface area contributed by atoms with Crippen molar-refractivity contribution in [1.29, 1.82) is 0 Å². The normalized spacial score (nSPS) is 22.8. The van der Waals surface area contributed by atoms with Crippen LogP contribution in [0.15, 0.2) is 53.5 Å². The van der Waals surface area contributed by atoms with E-state index < -0.39 is 24.1 Å². The molecule has 0 spiro atoms. The number of nitrogens with zero attached hydrogens (tertiary/aromatic N) is 2. The van der Waals surface area contributed by atoms with Crippen molar-refractivity contribution in [2.45, 2.75) is 31.8 Å². The van der Waals surface area contributed by atoms with Gasteiger partial charge in [-0.15, -0.1) is 0 Å². The number of aliphatic hydroxyl groups is 2.